The van der Waals surface area contributed by atoms with Gasteiger partial charge in [-0.2, -0.15) is 0 Å². The van der Waals surface area contributed by atoms with Gasteiger partial charge in [0.25, 0.3) is 5.91 Å². The van der Waals surface area contributed by atoms with Crippen LogP contribution in [0.25, 0.3) is 11.1 Å². The minimum atomic E-state index is -0.578. The number of nitrogens with one attached hydrogen (secondary N) is 1. The Morgan fingerprint density at radius 1 is 1.04 bits per heavy atom. The predicted octanol–water partition coefficient (Wildman–Crippen LogP) is 1.81. The van der Waals surface area contributed by atoms with Gasteiger partial charge >= 0.3 is 0 Å². The summed E-state index contributed by atoms with van der Waals surface area (Å²) in [6.07, 6.45) is 0. The third-order valence-corrected chi connectivity index (χ3v) is 4.36. The van der Waals surface area contributed by atoms with Crippen molar-refractivity contribution >= 4 is 11.8 Å². The second-order valence-electron chi connectivity index (χ2n) is 5.95. The maximum atomic E-state index is 13.2. The Labute approximate surface area is 141 Å². The molecule has 0 radical (unpaired) electrons. The molecular weight excluding hydrogens is 302 g/mol. The van der Waals surface area contributed by atoms with Crippen LogP contribution >= 0.6 is 0 Å². The zero-order valence-electron chi connectivity index (χ0n) is 13.7. The molecule has 1 heterocycles. The van der Waals surface area contributed by atoms with E-state index in [-0.39, 0.29) is 11.5 Å². The Hall–Kier alpha value is -2.66. The summed E-state index contributed by atoms with van der Waals surface area (Å²) in [6.45, 7) is 4.70. The Morgan fingerprint density at radius 2 is 1.71 bits per heavy atom. The van der Waals surface area contributed by atoms with Crippen molar-refractivity contribution in [2.24, 2.45) is 5.73 Å². The van der Waals surface area contributed by atoms with Crippen LogP contribution in [0, 0.1) is 6.92 Å². The van der Waals surface area contributed by atoms with Crippen molar-refractivity contribution in [3.05, 3.63) is 59.2 Å². The van der Waals surface area contributed by atoms with Crippen molar-refractivity contribution < 1.29 is 9.59 Å². The number of benzene rings is 2. The standard InChI is InChI=1S/C19H21N3O2/c1-13-7-8-15(18(20)23)17(16(13)14-5-3-2-4-6-14)19(24)22-11-9-21-10-12-22/h2-8,21H,9-12H2,1H3,(H2,20,23). The summed E-state index contributed by atoms with van der Waals surface area (Å²) in [4.78, 5) is 26.9. The quantitative estimate of drug-likeness (QED) is 0.904. The number of nitrogens with two attached hydrogens (primary N) is 1. The van der Waals surface area contributed by atoms with Crippen molar-refractivity contribution in [2.75, 3.05) is 26.2 Å². The molecule has 2 aromatic rings. The summed E-state index contributed by atoms with van der Waals surface area (Å²) < 4.78 is 0. The average molecular weight is 323 g/mol. The normalized spacial score (nSPS) is 14.5. The molecule has 0 saturated carbocycles. The second kappa shape index (κ2) is 6.84. The fourth-order valence-electron chi connectivity index (χ4n) is 3.14. The first-order chi connectivity index (χ1) is 11.6. The Balaban J connectivity index is 2.19. The number of amides is 2. The van der Waals surface area contributed by atoms with Crippen molar-refractivity contribution in [3.8, 4) is 11.1 Å². The van der Waals surface area contributed by atoms with Gasteiger partial charge in [0, 0.05) is 26.2 Å². The molecule has 1 saturated heterocycles. The molecule has 0 aromatic heterocycles. The Bertz CT molecular complexity index is 766. The zero-order valence-corrected chi connectivity index (χ0v) is 13.7. The minimum Gasteiger partial charge on any atom is -0.366 e. The van der Waals surface area contributed by atoms with E-state index < -0.39 is 5.91 Å². The number of hydrogen-bond acceptors (Lipinski definition) is 3. The molecule has 24 heavy (non-hydrogen) atoms. The summed E-state index contributed by atoms with van der Waals surface area (Å²) in [5, 5.41) is 3.23. The number of primary amides is 1. The van der Waals surface area contributed by atoms with E-state index in [4.69, 9.17) is 5.73 Å². The van der Waals surface area contributed by atoms with Gasteiger partial charge in [-0.05, 0) is 29.7 Å². The lowest BCUT2D eigenvalue weighted by Crippen LogP contribution is -2.47. The Kier molecular flexibility index (Phi) is 4.62. The zero-order chi connectivity index (χ0) is 17.1. The number of piperazine rings is 1. The molecule has 2 amide bonds. The van der Waals surface area contributed by atoms with E-state index in [2.05, 4.69) is 5.32 Å². The van der Waals surface area contributed by atoms with Crippen molar-refractivity contribution in [1.29, 1.82) is 0 Å². The molecule has 1 fully saturated rings. The van der Waals surface area contributed by atoms with E-state index in [0.717, 1.165) is 29.8 Å². The third kappa shape index (κ3) is 3.03. The van der Waals surface area contributed by atoms with E-state index >= 15 is 0 Å². The van der Waals surface area contributed by atoms with Gasteiger partial charge < -0.3 is 16.0 Å². The van der Waals surface area contributed by atoms with Gasteiger partial charge in [0.05, 0.1) is 11.1 Å². The van der Waals surface area contributed by atoms with Crippen LogP contribution in [-0.4, -0.2) is 42.9 Å². The van der Waals surface area contributed by atoms with Crippen LogP contribution in [0.3, 0.4) is 0 Å². The molecule has 5 nitrogen and oxygen atoms in total. The van der Waals surface area contributed by atoms with Crippen LogP contribution in [0.1, 0.15) is 26.3 Å². The first-order valence-electron chi connectivity index (χ1n) is 8.08. The van der Waals surface area contributed by atoms with Gasteiger partial charge in [-0.3, -0.25) is 9.59 Å². The van der Waals surface area contributed by atoms with Crippen LogP contribution in [0.2, 0.25) is 0 Å². The summed E-state index contributed by atoms with van der Waals surface area (Å²) in [6, 6.07) is 13.2. The number of nitrogens with zero attached hydrogens (tertiary/aromatic N) is 1. The number of aryl methyl sites for hydroxylation is 1. The average Bonchev–Trinajstić information content (AvgIpc) is 2.62. The third-order valence-electron chi connectivity index (χ3n) is 4.36. The van der Waals surface area contributed by atoms with E-state index in [1.54, 1.807) is 11.0 Å². The lowest BCUT2D eigenvalue weighted by atomic mass is 9.90. The second-order valence-corrected chi connectivity index (χ2v) is 5.95. The van der Waals surface area contributed by atoms with E-state index in [1.165, 1.54) is 0 Å². The number of hydrogen-bond donors (Lipinski definition) is 2. The highest BCUT2D eigenvalue weighted by Crippen LogP contribution is 2.31. The molecule has 124 valence electrons. The summed E-state index contributed by atoms with van der Waals surface area (Å²) >= 11 is 0. The first kappa shape index (κ1) is 16.2. The molecule has 0 aliphatic carbocycles. The summed E-state index contributed by atoms with van der Waals surface area (Å²) in [7, 11) is 0. The molecule has 1 aliphatic heterocycles. The first-order valence-corrected chi connectivity index (χ1v) is 8.08. The van der Waals surface area contributed by atoms with Crippen LogP contribution in [0.4, 0.5) is 0 Å². The minimum absolute atomic E-state index is 0.132. The molecule has 0 bridgehead atoms. The molecule has 0 atom stereocenters. The maximum Gasteiger partial charge on any atom is 0.255 e. The van der Waals surface area contributed by atoms with Gasteiger partial charge in [-0.25, -0.2) is 0 Å². The summed E-state index contributed by atoms with van der Waals surface area (Å²) in [5.74, 6) is -0.710. The van der Waals surface area contributed by atoms with Gasteiger partial charge in [-0.15, -0.1) is 0 Å². The van der Waals surface area contributed by atoms with Crippen LogP contribution in [0.5, 0.6) is 0 Å². The molecular formula is C19H21N3O2. The van der Waals surface area contributed by atoms with Crippen LogP contribution in [0.15, 0.2) is 42.5 Å². The van der Waals surface area contributed by atoms with Crippen molar-refractivity contribution in [3.63, 3.8) is 0 Å². The molecule has 1 aliphatic rings. The van der Waals surface area contributed by atoms with Crippen molar-refractivity contribution in [2.45, 2.75) is 6.92 Å². The lowest BCUT2D eigenvalue weighted by molar-refractivity contribution is 0.0732. The number of carbonyl (C=O) groups is 2. The summed E-state index contributed by atoms with van der Waals surface area (Å²) in [5.41, 5.74) is 8.90. The molecule has 0 spiro atoms. The largest absolute Gasteiger partial charge is 0.366 e. The molecule has 0 unspecified atom stereocenters. The SMILES string of the molecule is Cc1ccc(C(N)=O)c(C(=O)N2CCNCC2)c1-c1ccccc1. The molecule has 3 N–H and O–H groups in total. The van der Waals surface area contributed by atoms with E-state index in [1.807, 2.05) is 43.3 Å². The molecule has 5 heteroatoms. The Morgan fingerprint density at radius 3 is 2.33 bits per heavy atom. The predicted molar refractivity (Wildman–Crippen MR) is 93.9 cm³/mol. The van der Waals surface area contributed by atoms with Crippen LogP contribution < -0.4 is 11.1 Å². The monoisotopic (exact) mass is 323 g/mol. The molecule has 3 rings (SSSR count). The van der Waals surface area contributed by atoms with Crippen molar-refractivity contribution in [1.82, 2.24) is 10.2 Å². The number of rotatable bonds is 3. The van der Waals surface area contributed by atoms with Gasteiger partial charge in [0.2, 0.25) is 5.91 Å². The fourth-order valence-corrected chi connectivity index (χ4v) is 3.14. The van der Waals surface area contributed by atoms with Gasteiger partial charge in [-0.1, -0.05) is 36.4 Å². The lowest BCUT2D eigenvalue weighted by Gasteiger charge is -2.29. The smallest absolute Gasteiger partial charge is 0.255 e. The number of carbonyl (C=O) groups excluding carboxylic acids is 2. The highest BCUT2D eigenvalue weighted by molar-refractivity contribution is 6.11. The maximum absolute atomic E-state index is 13.2. The van der Waals surface area contributed by atoms with Gasteiger partial charge in [0.1, 0.15) is 0 Å². The fraction of sp³-hybridized carbons (Fsp3) is 0.263. The topological polar surface area (TPSA) is 75.4 Å². The van der Waals surface area contributed by atoms with Gasteiger partial charge in [0.15, 0.2) is 0 Å². The van der Waals surface area contributed by atoms with E-state index in [0.29, 0.717) is 18.7 Å². The van der Waals surface area contributed by atoms with Crippen LogP contribution in [-0.2, 0) is 0 Å². The highest BCUT2D eigenvalue weighted by Gasteiger charge is 2.26. The highest BCUT2D eigenvalue weighted by atomic mass is 16.2. The van der Waals surface area contributed by atoms with E-state index in [9.17, 15) is 9.59 Å². The molecule has 2 aromatic carbocycles.